The molecule has 0 unspecified atom stereocenters. The van der Waals surface area contributed by atoms with E-state index in [1.165, 1.54) is 0 Å². The molecule has 1 aromatic rings. The smallest absolute Gasteiger partial charge is 0.309 e. The molecule has 0 aliphatic heterocycles. The average molecular weight is 280 g/mol. The molecule has 1 aromatic carbocycles. The van der Waals surface area contributed by atoms with Crippen LogP contribution < -0.4 is 10.5 Å². The van der Waals surface area contributed by atoms with E-state index in [9.17, 15) is 4.79 Å². The van der Waals surface area contributed by atoms with E-state index in [2.05, 4.69) is 5.16 Å². The van der Waals surface area contributed by atoms with Gasteiger partial charge in [0.05, 0.1) is 25.8 Å². The van der Waals surface area contributed by atoms with Gasteiger partial charge < -0.3 is 20.0 Å². The van der Waals surface area contributed by atoms with Crippen LogP contribution in [0, 0.1) is 0 Å². The van der Waals surface area contributed by atoms with Crippen LogP contribution in [0.2, 0.25) is 0 Å². The molecule has 0 bridgehead atoms. The molecule has 0 heterocycles. The van der Waals surface area contributed by atoms with E-state index >= 15 is 0 Å². The first-order valence-corrected chi connectivity index (χ1v) is 6.34. The number of nitrogen functional groups attached to an aromatic ring is 1. The summed E-state index contributed by atoms with van der Waals surface area (Å²) in [5.41, 5.74) is 7.80. The molecule has 0 spiro atoms. The van der Waals surface area contributed by atoms with Crippen LogP contribution in [0.4, 0.5) is 5.69 Å². The molecule has 0 aliphatic carbocycles. The number of nitrogens with two attached hydrogens (primary N) is 1. The average Bonchev–Trinajstić information content (AvgIpc) is 2.43. The molecule has 1 rings (SSSR count). The van der Waals surface area contributed by atoms with E-state index in [1.54, 1.807) is 33.1 Å². The Balaban J connectivity index is 2.56. The third-order valence-corrected chi connectivity index (χ3v) is 2.49. The SMILES string of the molecule is CCOC(=O)CCO/N=C(\C)c1cc(N)cc(OC)c1. The third-order valence-electron chi connectivity index (χ3n) is 2.49. The number of carbonyl (C=O) groups excluding carboxylic acids is 1. The van der Waals surface area contributed by atoms with Crippen molar-refractivity contribution in [1.29, 1.82) is 0 Å². The molecule has 0 saturated heterocycles. The lowest BCUT2D eigenvalue weighted by atomic mass is 10.1. The fourth-order valence-corrected chi connectivity index (χ4v) is 1.51. The Hall–Kier alpha value is -2.24. The van der Waals surface area contributed by atoms with Crippen molar-refractivity contribution in [2.45, 2.75) is 20.3 Å². The summed E-state index contributed by atoms with van der Waals surface area (Å²) in [6.45, 7) is 4.09. The number of oxime groups is 1. The van der Waals surface area contributed by atoms with E-state index in [-0.39, 0.29) is 19.0 Å². The highest BCUT2D eigenvalue weighted by atomic mass is 16.6. The van der Waals surface area contributed by atoms with Gasteiger partial charge in [0.25, 0.3) is 0 Å². The molecular weight excluding hydrogens is 260 g/mol. The minimum absolute atomic E-state index is 0.171. The van der Waals surface area contributed by atoms with Crippen molar-refractivity contribution in [3.8, 4) is 5.75 Å². The monoisotopic (exact) mass is 280 g/mol. The molecule has 0 radical (unpaired) electrons. The second kappa shape index (κ2) is 8.04. The lowest BCUT2D eigenvalue weighted by Crippen LogP contribution is -2.07. The highest BCUT2D eigenvalue weighted by Gasteiger charge is 2.04. The van der Waals surface area contributed by atoms with Gasteiger partial charge in [-0.1, -0.05) is 5.16 Å². The summed E-state index contributed by atoms with van der Waals surface area (Å²) >= 11 is 0. The summed E-state index contributed by atoms with van der Waals surface area (Å²) in [4.78, 5) is 16.2. The maximum atomic E-state index is 11.1. The Labute approximate surface area is 118 Å². The number of esters is 1. The van der Waals surface area contributed by atoms with Gasteiger partial charge in [-0.3, -0.25) is 4.79 Å². The molecule has 0 atom stereocenters. The van der Waals surface area contributed by atoms with Gasteiger partial charge in [-0.05, 0) is 26.0 Å². The number of benzene rings is 1. The Bertz CT molecular complexity index is 486. The molecule has 2 N–H and O–H groups in total. The normalized spacial score (nSPS) is 11.1. The fraction of sp³-hybridized carbons (Fsp3) is 0.429. The highest BCUT2D eigenvalue weighted by molar-refractivity contribution is 5.99. The number of nitrogens with zero attached hydrogens (tertiary/aromatic N) is 1. The molecule has 20 heavy (non-hydrogen) atoms. The number of hydrogen-bond donors (Lipinski definition) is 1. The summed E-state index contributed by atoms with van der Waals surface area (Å²) in [7, 11) is 1.57. The minimum Gasteiger partial charge on any atom is -0.497 e. The van der Waals surface area contributed by atoms with Crippen LogP contribution in [0.25, 0.3) is 0 Å². The fourth-order valence-electron chi connectivity index (χ4n) is 1.51. The van der Waals surface area contributed by atoms with E-state index in [0.29, 0.717) is 23.8 Å². The summed E-state index contributed by atoms with van der Waals surface area (Å²) in [5, 5.41) is 3.94. The van der Waals surface area contributed by atoms with Gasteiger partial charge >= 0.3 is 5.97 Å². The van der Waals surface area contributed by atoms with Crippen LogP contribution in [0.5, 0.6) is 5.75 Å². The van der Waals surface area contributed by atoms with Crippen LogP contribution in [-0.4, -0.2) is 32.0 Å². The largest absolute Gasteiger partial charge is 0.497 e. The van der Waals surface area contributed by atoms with Crippen LogP contribution >= 0.6 is 0 Å². The highest BCUT2D eigenvalue weighted by Crippen LogP contribution is 2.19. The van der Waals surface area contributed by atoms with Crippen molar-refractivity contribution < 1.29 is 19.1 Å². The van der Waals surface area contributed by atoms with Crippen molar-refractivity contribution >= 4 is 17.4 Å². The quantitative estimate of drug-likeness (QED) is 0.271. The Morgan fingerprint density at radius 3 is 2.75 bits per heavy atom. The van der Waals surface area contributed by atoms with Crippen molar-refractivity contribution in [3.63, 3.8) is 0 Å². The molecule has 110 valence electrons. The van der Waals surface area contributed by atoms with Crippen molar-refractivity contribution in [2.24, 2.45) is 5.16 Å². The second-order valence-corrected chi connectivity index (χ2v) is 4.06. The number of hydrogen-bond acceptors (Lipinski definition) is 6. The van der Waals surface area contributed by atoms with E-state index in [4.69, 9.17) is 20.0 Å². The Kier molecular flexibility index (Phi) is 6.36. The number of ether oxygens (including phenoxy) is 2. The molecular formula is C14H20N2O4. The summed E-state index contributed by atoms with van der Waals surface area (Å²) < 4.78 is 9.91. The van der Waals surface area contributed by atoms with E-state index in [0.717, 1.165) is 5.56 Å². The first-order valence-electron chi connectivity index (χ1n) is 6.34. The van der Waals surface area contributed by atoms with Crippen LogP contribution in [0.1, 0.15) is 25.8 Å². The summed E-state index contributed by atoms with van der Waals surface area (Å²) in [5.74, 6) is 0.354. The number of anilines is 1. The molecule has 0 amide bonds. The maximum absolute atomic E-state index is 11.1. The van der Waals surface area contributed by atoms with Gasteiger partial charge in [0, 0.05) is 17.3 Å². The minimum atomic E-state index is -0.300. The molecule has 0 fully saturated rings. The van der Waals surface area contributed by atoms with Gasteiger partial charge in [0.1, 0.15) is 12.4 Å². The lowest BCUT2D eigenvalue weighted by Gasteiger charge is -2.06. The zero-order chi connectivity index (χ0) is 15.0. The lowest BCUT2D eigenvalue weighted by molar-refractivity contribution is -0.144. The van der Waals surface area contributed by atoms with Crippen LogP contribution in [0.3, 0.4) is 0 Å². The summed E-state index contributed by atoms with van der Waals surface area (Å²) in [6.07, 6.45) is 0.171. The molecule has 0 saturated carbocycles. The first kappa shape index (κ1) is 15.8. The zero-order valence-corrected chi connectivity index (χ0v) is 12.0. The predicted molar refractivity (Wildman–Crippen MR) is 76.8 cm³/mol. The van der Waals surface area contributed by atoms with Crippen molar-refractivity contribution in [2.75, 3.05) is 26.1 Å². The van der Waals surface area contributed by atoms with Crippen molar-refractivity contribution in [3.05, 3.63) is 23.8 Å². The predicted octanol–water partition coefficient (Wildman–Crippen LogP) is 1.97. The van der Waals surface area contributed by atoms with Gasteiger partial charge in [-0.15, -0.1) is 0 Å². The van der Waals surface area contributed by atoms with Gasteiger partial charge in [-0.25, -0.2) is 0 Å². The standard InChI is InChI=1S/C14H20N2O4/c1-4-19-14(17)5-6-20-16-10(2)11-7-12(15)9-13(8-11)18-3/h7-9H,4-6,15H2,1-3H3/b16-10+. The van der Waals surface area contributed by atoms with Gasteiger partial charge in [0.15, 0.2) is 0 Å². The van der Waals surface area contributed by atoms with Gasteiger partial charge in [-0.2, -0.15) is 0 Å². The maximum Gasteiger partial charge on any atom is 0.309 e. The second-order valence-electron chi connectivity index (χ2n) is 4.06. The van der Waals surface area contributed by atoms with Crippen molar-refractivity contribution in [1.82, 2.24) is 0 Å². The first-order chi connectivity index (χ1) is 9.56. The summed E-state index contributed by atoms with van der Waals surface area (Å²) in [6, 6.07) is 5.30. The molecule has 6 heteroatoms. The van der Waals surface area contributed by atoms with E-state index < -0.39 is 0 Å². The Morgan fingerprint density at radius 1 is 1.35 bits per heavy atom. The number of rotatable bonds is 7. The van der Waals surface area contributed by atoms with Crippen LogP contribution in [-0.2, 0) is 14.4 Å². The van der Waals surface area contributed by atoms with Gasteiger partial charge in [0.2, 0.25) is 0 Å². The third kappa shape index (κ3) is 5.17. The number of methoxy groups -OCH3 is 1. The molecule has 0 aromatic heterocycles. The topological polar surface area (TPSA) is 83.1 Å². The molecule has 6 nitrogen and oxygen atoms in total. The number of carbonyl (C=O) groups is 1. The Morgan fingerprint density at radius 2 is 2.10 bits per heavy atom. The molecule has 0 aliphatic rings. The zero-order valence-electron chi connectivity index (χ0n) is 12.0. The van der Waals surface area contributed by atoms with E-state index in [1.807, 2.05) is 6.07 Å². The van der Waals surface area contributed by atoms with Crippen LogP contribution in [0.15, 0.2) is 23.4 Å².